The zero-order valence-electron chi connectivity index (χ0n) is 12.7. The van der Waals surface area contributed by atoms with E-state index >= 15 is 0 Å². The van der Waals surface area contributed by atoms with Gasteiger partial charge in [0.25, 0.3) is 0 Å². The summed E-state index contributed by atoms with van der Waals surface area (Å²) in [5.41, 5.74) is 5.90. The van der Waals surface area contributed by atoms with Crippen LogP contribution in [0.4, 0.5) is 5.82 Å². The van der Waals surface area contributed by atoms with Crippen molar-refractivity contribution >= 4 is 23.2 Å². The summed E-state index contributed by atoms with van der Waals surface area (Å²) in [6, 6.07) is 6.10. The van der Waals surface area contributed by atoms with E-state index in [2.05, 4.69) is 34.6 Å². The number of furan rings is 1. The summed E-state index contributed by atoms with van der Waals surface area (Å²) in [6.07, 6.45) is 1.86. The average Bonchev–Trinajstić information content (AvgIpc) is 3.15. The van der Waals surface area contributed by atoms with Crippen molar-refractivity contribution in [2.45, 2.75) is 12.5 Å². The van der Waals surface area contributed by atoms with E-state index in [1.165, 1.54) is 7.05 Å². The normalized spacial score (nSPS) is 18.0. The van der Waals surface area contributed by atoms with Gasteiger partial charge in [-0.3, -0.25) is 4.79 Å². The van der Waals surface area contributed by atoms with Gasteiger partial charge in [0, 0.05) is 25.2 Å². The maximum atomic E-state index is 10.7. The largest absolute Gasteiger partial charge is 0.452 e. The van der Waals surface area contributed by atoms with Gasteiger partial charge < -0.3 is 20.0 Å². The lowest BCUT2D eigenvalue weighted by Gasteiger charge is -2.20. The molecule has 0 aromatic carbocycles. The fourth-order valence-corrected chi connectivity index (χ4v) is 2.54. The zero-order chi connectivity index (χ0) is 15.4. The van der Waals surface area contributed by atoms with Gasteiger partial charge in [0.05, 0.1) is 0 Å². The summed E-state index contributed by atoms with van der Waals surface area (Å²) in [6.45, 7) is 2.00. The zero-order valence-corrected chi connectivity index (χ0v) is 12.7. The fraction of sp³-hybridized carbons (Fsp3) is 0.467. The van der Waals surface area contributed by atoms with E-state index in [1.54, 1.807) is 6.07 Å². The number of nitrogens with two attached hydrogens (primary N) is 1. The molecule has 0 amide bonds. The van der Waals surface area contributed by atoms with Crippen LogP contribution in [-0.4, -0.2) is 56.4 Å². The van der Waals surface area contributed by atoms with Gasteiger partial charge in [-0.2, -0.15) is 0 Å². The van der Waals surface area contributed by atoms with Gasteiger partial charge in [0.1, 0.15) is 11.3 Å². The molecule has 0 spiro atoms. The van der Waals surface area contributed by atoms with Crippen LogP contribution in [0.3, 0.4) is 0 Å². The Bertz CT molecular complexity index is 609. The molecule has 1 unspecified atom stereocenters. The number of rotatable bonds is 3. The minimum absolute atomic E-state index is 0.326. The van der Waals surface area contributed by atoms with Gasteiger partial charge >= 0.3 is 0 Å². The Morgan fingerprint density at radius 2 is 2.19 bits per heavy atom. The molecule has 3 heterocycles. The first-order valence-electron chi connectivity index (χ1n) is 7.02. The Labute approximate surface area is 124 Å². The highest BCUT2D eigenvalue weighted by molar-refractivity contribution is 5.83. The summed E-state index contributed by atoms with van der Waals surface area (Å²) in [5.74, 6) is 1.28. The van der Waals surface area contributed by atoms with E-state index in [1.807, 2.05) is 12.1 Å². The highest BCUT2D eigenvalue weighted by Gasteiger charge is 2.25. The second kappa shape index (κ2) is 6.69. The maximum Gasteiger partial charge on any atom is 0.185 e. The van der Waals surface area contributed by atoms with Crippen LogP contribution in [0.25, 0.3) is 11.1 Å². The monoisotopic (exact) mass is 290 g/mol. The van der Waals surface area contributed by atoms with Crippen molar-refractivity contribution in [3.63, 3.8) is 0 Å². The van der Waals surface area contributed by atoms with E-state index in [0.29, 0.717) is 23.7 Å². The molecule has 21 heavy (non-hydrogen) atoms. The lowest BCUT2D eigenvalue weighted by Crippen LogP contribution is -2.31. The van der Waals surface area contributed by atoms with Crippen molar-refractivity contribution in [2.75, 3.05) is 39.1 Å². The number of nitrogens with zero attached hydrogens (tertiary/aromatic N) is 3. The van der Waals surface area contributed by atoms with Crippen LogP contribution in [0.15, 0.2) is 22.6 Å². The summed E-state index contributed by atoms with van der Waals surface area (Å²) < 4.78 is 5.34. The van der Waals surface area contributed by atoms with Crippen LogP contribution in [0.5, 0.6) is 0 Å². The number of pyridine rings is 1. The van der Waals surface area contributed by atoms with E-state index < -0.39 is 0 Å². The Morgan fingerprint density at radius 3 is 2.81 bits per heavy atom. The highest BCUT2D eigenvalue weighted by atomic mass is 16.3. The number of anilines is 1. The quantitative estimate of drug-likeness (QED) is 0.860. The molecule has 1 saturated heterocycles. The molecule has 1 atom stereocenters. The average molecular weight is 290 g/mol. The number of hydrogen-bond donors (Lipinski definition) is 1. The SMILES string of the molecule is CN.CN(C)C1CCN(c2ccc3oc(C=O)cc3n2)C1. The standard InChI is InChI=1S/C14H17N3O2.CH5N/c1-16(2)10-5-6-17(8-10)14-4-3-13-12(15-14)7-11(9-18)19-13;1-2/h3-4,7,9-10H,5-6,8H2,1-2H3;2H2,1H3. The van der Waals surface area contributed by atoms with Crippen molar-refractivity contribution in [1.82, 2.24) is 9.88 Å². The predicted octanol–water partition coefficient (Wildman–Crippen LogP) is 1.36. The fourth-order valence-electron chi connectivity index (χ4n) is 2.54. The molecule has 2 N–H and O–H groups in total. The third-order valence-electron chi connectivity index (χ3n) is 3.71. The minimum atomic E-state index is 0.326. The molecule has 2 aromatic heterocycles. The van der Waals surface area contributed by atoms with Crippen LogP contribution in [0.1, 0.15) is 17.0 Å². The van der Waals surface area contributed by atoms with E-state index in [0.717, 1.165) is 30.8 Å². The van der Waals surface area contributed by atoms with Gasteiger partial charge in [-0.25, -0.2) is 4.98 Å². The molecule has 1 aliphatic heterocycles. The van der Waals surface area contributed by atoms with Gasteiger partial charge in [-0.05, 0) is 39.7 Å². The smallest absolute Gasteiger partial charge is 0.185 e. The molecule has 6 heteroatoms. The first kappa shape index (κ1) is 15.5. The Balaban J connectivity index is 0.000000774. The lowest BCUT2D eigenvalue weighted by molar-refractivity contribution is 0.110. The summed E-state index contributed by atoms with van der Waals surface area (Å²) in [4.78, 5) is 19.8. The van der Waals surface area contributed by atoms with Crippen LogP contribution in [-0.2, 0) is 0 Å². The molecule has 0 saturated carbocycles. The molecular weight excluding hydrogens is 268 g/mol. The topological polar surface area (TPSA) is 75.6 Å². The molecule has 6 nitrogen and oxygen atoms in total. The number of aromatic nitrogens is 1. The van der Waals surface area contributed by atoms with Gasteiger partial charge in [0.15, 0.2) is 17.6 Å². The molecule has 1 fully saturated rings. The third kappa shape index (κ3) is 3.22. The highest BCUT2D eigenvalue weighted by Crippen LogP contribution is 2.24. The summed E-state index contributed by atoms with van der Waals surface area (Å²) in [7, 11) is 5.72. The van der Waals surface area contributed by atoms with Crippen LogP contribution in [0.2, 0.25) is 0 Å². The lowest BCUT2D eigenvalue weighted by atomic mass is 10.2. The number of hydrogen-bond acceptors (Lipinski definition) is 6. The van der Waals surface area contributed by atoms with Gasteiger partial charge in [0.2, 0.25) is 0 Å². The Kier molecular flexibility index (Phi) is 4.93. The molecule has 114 valence electrons. The maximum absolute atomic E-state index is 10.7. The third-order valence-corrected chi connectivity index (χ3v) is 3.71. The molecule has 3 rings (SSSR count). The van der Waals surface area contributed by atoms with Gasteiger partial charge in [-0.15, -0.1) is 0 Å². The molecule has 0 bridgehead atoms. The van der Waals surface area contributed by atoms with Crippen LogP contribution < -0.4 is 10.6 Å². The molecule has 0 radical (unpaired) electrons. The predicted molar refractivity (Wildman–Crippen MR) is 83.8 cm³/mol. The minimum Gasteiger partial charge on any atom is -0.452 e. The molecule has 1 aliphatic rings. The van der Waals surface area contributed by atoms with E-state index in [-0.39, 0.29) is 0 Å². The van der Waals surface area contributed by atoms with Crippen LogP contribution >= 0.6 is 0 Å². The Morgan fingerprint density at radius 1 is 1.43 bits per heavy atom. The number of carbonyl (C=O) groups is 1. The van der Waals surface area contributed by atoms with Crippen molar-refractivity contribution in [3.05, 3.63) is 24.0 Å². The number of likely N-dealkylation sites (N-methyl/N-ethyl adjacent to an activating group) is 1. The van der Waals surface area contributed by atoms with Crippen LogP contribution in [0, 0.1) is 0 Å². The molecule has 0 aliphatic carbocycles. The second-order valence-electron chi connectivity index (χ2n) is 5.17. The Hall–Kier alpha value is -1.92. The summed E-state index contributed by atoms with van der Waals surface area (Å²) >= 11 is 0. The first-order chi connectivity index (χ1) is 10.2. The first-order valence-corrected chi connectivity index (χ1v) is 7.02. The van der Waals surface area contributed by atoms with Gasteiger partial charge in [-0.1, -0.05) is 0 Å². The number of fused-ring (bicyclic) bond motifs is 1. The molecular formula is C15H22N4O2. The number of aldehydes is 1. The van der Waals surface area contributed by atoms with Crippen molar-refractivity contribution in [3.8, 4) is 0 Å². The van der Waals surface area contributed by atoms with Crippen molar-refractivity contribution in [1.29, 1.82) is 0 Å². The van der Waals surface area contributed by atoms with Crippen molar-refractivity contribution < 1.29 is 9.21 Å². The second-order valence-corrected chi connectivity index (χ2v) is 5.17. The van der Waals surface area contributed by atoms with Crippen molar-refractivity contribution in [2.24, 2.45) is 5.73 Å². The van der Waals surface area contributed by atoms with E-state index in [4.69, 9.17) is 4.42 Å². The molecule has 2 aromatic rings. The number of carbonyl (C=O) groups excluding carboxylic acids is 1. The summed E-state index contributed by atoms with van der Waals surface area (Å²) in [5, 5.41) is 0. The van der Waals surface area contributed by atoms with E-state index in [9.17, 15) is 4.79 Å².